The Morgan fingerprint density at radius 3 is 2.52 bits per heavy atom. The lowest BCUT2D eigenvalue weighted by atomic mass is 9.92. The van der Waals surface area contributed by atoms with E-state index in [1.165, 1.54) is 0 Å². The molecule has 0 aliphatic carbocycles. The predicted octanol–water partition coefficient (Wildman–Crippen LogP) is 2.91. The number of hydrogen-bond acceptors (Lipinski definition) is 4. The van der Waals surface area contributed by atoms with Gasteiger partial charge < -0.3 is 15.4 Å². The summed E-state index contributed by atoms with van der Waals surface area (Å²) < 4.78 is 6.07. The van der Waals surface area contributed by atoms with Crippen molar-refractivity contribution in [2.45, 2.75) is 52.1 Å². The van der Waals surface area contributed by atoms with Gasteiger partial charge in [-0.15, -0.1) is 0 Å². The van der Waals surface area contributed by atoms with Crippen molar-refractivity contribution in [2.75, 3.05) is 18.0 Å². The number of benzene rings is 1. The van der Waals surface area contributed by atoms with Crippen molar-refractivity contribution in [1.82, 2.24) is 0 Å². The molecule has 2 N–H and O–H groups in total. The zero-order valence-electron chi connectivity index (χ0n) is 14.2. The van der Waals surface area contributed by atoms with Crippen molar-refractivity contribution in [3.05, 3.63) is 23.8 Å². The normalized spacial score (nSPS) is 16.0. The Hall–Kier alpha value is -1.88. The third kappa shape index (κ3) is 3.11. The first-order chi connectivity index (χ1) is 11.0. The van der Waals surface area contributed by atoms with Crippen LogP contribution < -0.4 is 15.4 Å². The number of amides is 1. The Balaban J connectivity index is 2.50. The van der Waals surface area contributed by atoms with Gasteiger partial charge in [0, 0.05) is 18.5 Å². The topological polar surface area (TPSA) is 72.6 Å². The smallest absolute Gasteiger partial charge is 0.271 e. The monoisotopic (exact) mass is 318 g/mol. The highest BCUT2D eigenvalue weighted by Gasteiger charge is 2.45. The minimum absolute atomic E-state index is 0.0375. The number of hydrogen-bond donors (Lipinski definition) is 1. The quantitative estimate of drug-likeness (QED) is 0.785. The lowest BCUT2D eigenvalue weighted by Crippen LogP contribution is -2.56. The van der Waals surface area contributed by atoms with Gasteiger partial charge >= 0.3 is 0 Å². The summed E-state index contributed by atoms with van der Waals surface area (Å²) in [5.74, 6) is 0.685. The second kappa shape index (κ2) is 7.13. The molecule has 2 rings (SSSR count). The van der Waals surface area contributed by atoms with Crippen molar-refractivity contribution in [3.63, 3.8) is 0 Å². The first-order valence-electron chi connectivity index (χ1n) is 8.41. The molecule has 1 aliphatic rings. The Morgan fingerprint density at radius 1 is 1.26 bits per heavy atom. The number of ketones is 1. The molecule has 1 aromatic carbocycles. The third-order valence-electron chi connectivity index (χ3n) is 4.56. The number of fused-ring (bicyclic) bond motifs is 1. The molecule has 5 nitrogen and oxygen atoms in total. The van der Waals surface area contributed by atoms with Crippen LogP contribution in [0.2, 0.25) is 0 Å². The molecule has 1 heterocycles. The zero-order valence-corrected chi connectivity index (χ0v) is 14.2. The lowest BCUT2D eigenvalue weighted by Gasteiger charge is -2.42. The number of Topliss-reactive ketones (excluding diaryl/α,β-unsaturated/α-hetero) is 1. The maximum Gasteiger partial charge on any atom is 0.271 e. The van der Waals surface area contributed by atoms with Gasteiger partial charge in [-0.1, -0.05) is 20.8 Å². The van der Waals surface area contributed by atoms with E-state index < -0.39 is 5.60 Å². The van der Waals surface area contributed by atoms with Crippen LogP contribution in [0.4, 0.5) is 5.69 Å². The fourth-order valence-electron chi connectivity index (χ4n) is 2.97. The molecule has 1 aliphatic heterocycles. The number of nitrogens with two attached hydrogens (primary N) is 1. The average molecular weight is 318 g/mol. The first kappa shape index (κ1) is 17.5. The zero-order chi connectivity index (χ0) is 17.0. The Bertz CT molecular complexity index is 594. The average Bonchev–Trinajstić information content (AvgIpc) is 2.59. The summed E-state index contributed by atoms with van der Waals surface area (Å²) in [6.07, 6.45) is 2.36. The van der Waals surface area contributed by atoms with Crippen LogP contribution in [-0.4, -0.2) is 30.4 Å². The van der Waals surface area contributed by atoms with Gasteiger partial charge in [0.15, 0.2) is 11.4 Å². The lowest BCUT2D eigenvalue weighted by molar-refractivity contribution is -0.136. The molecule has 0 aromatic heterocycles. The van der Waals surface area contributed by atoms with Gasteiger partial charge in [0.2, 0.25) is 0 Å². The van der Waals surface area contributed by atoms with E-state index in [1.807, 2.05) is 20.8 Å². The van der Waals surface area contributed by atoms with Crippen molar-refractivity contribution in [2.24, 2.45) is 5.73 Å². The fraction of sp³-hybridized carbons (Fsp3) is 0.556. The van der Waals surface area contributed by atoms with Crippen molar-refractivity contribution in [3.8, 4) is 5.75 Å². The molecule has 126 valence electrons. The number of rotatable bonds is 7. The predicted molar refractivity (Wildman–Crippen MR) is 91.0 cm³/mol. The van der Waals surface area contributed by atoms with E-state index in [-0.39, 0.29) is 11.7 Å². The van der Waals surface area contributed by atoms with Crippen molar-refractivity contribution < 1.29 is 14.3 Å². The summed E-state index contributed by atoms with van der Waals surface area (Å²) in [4.78, 5) is 26.7. The molecule has 5 heteroatoms. The van der Waals surface area contributed by atoms with Crippen LogP contribution in [0.1, 0.15) is 56.8 Å². The van der Waals surface area contributed by atoms with E-state index in [2.05, 4.69) is 0 Å². The second-order valence-electron chi connectivity index (χ2n) is 5.86. The summed E-state index contributed by atoms with van der Waals surface area (Å²) in [6.45, 7) is 6.80. The van der Waals surface area contributed by atoms with Gasteiger partial charge in [-0.2, -0.15) is 0 Å². The molecule has 0 unspecified atom stereocenters. The molecule has 0 spiro atoms. The van der Waals surface area contributed by atoms with Gasteiger partial charge in [0.05, 0.1) is 5.69 Å². The molecule has 0 bridgehead atoms. The largest absolute Gasteiger partial charge is 0.475 e. The number of carbonyl (C=O) groups excluding carboxylic acids is 2. The molecular weight excluding hydrogens is 292 g/mol. The molecule has 1 amide bonds. The van der Waals surface area contributed by atoms with E-state index in [1.54, 1.807) is 23.1 Å². The van der Waals surface area contributed by atoms with E-state index in [9.17, 15) is 9.59 Å². The third-order valence-corrected chi connectivity index (χ3v) is 4.56. The van der Waals surface area contributed by atoms with Crippen LogP contribution in [0.3, 0.4) is 0 Å². The Labute approximate surface area is 137 Å². The highest BCUT2D eigenvalue weighted by molar-refractivity contribution is 6.05. The van der Waals surface area contributed by atoms with Gasteiger partial charge in [0.25, 0.3) is 5.91 Å². The first-order valence-corrected chi connectivity index (χ1v) is 8.41. The molecule has 1 aromatic rings. The standard InChI is InChI=1S/C18H26N2O3/c1-4-15(21)13-8-9-16-14(12-13)20(11-7-10-19)17(22)18(5-2,6-3)23-16/h8-9,12H,4-7,10-11,19H2,1-3H3. The summed E-state index contributed by atoms with van der Waals surface area (Å²) in [5, 5.41) is 0. The highest BCUT2D eigenvalue weighted by Crippen LogP contribution is 2.41. The van der Waals surface area contributed by atoms with Crippen molar-refractivity contribution >= 4 is 17.4 Å². The van der Waals surface area contributed by atoms with Crippen LogP contribution in [-0.2, 0) is 4.79 Å². The van der Waals surface area contributed by atoms with Crippen LogP contribution in [0.5, 0.6) is 5.75 Å². The minimum atomic E-state index is -0.822. The van der Waals surface area contributed by atoms with Gasteiger partial charge in [-0.25, -0.2) is 0 Å². The van der Waals surface area contributed by atoms with E-state index in [0.717, 1.165) is 0 Å². The molecule has 0 radical (unpaired) electrons. The molecular formula is C18H26N2O3. The van der Waals surface area contributed by atoms with Gasteiger partial charge in [0.1, 0.15) is 5.75 Å². The fourth-order valence-corrected chi connectivity index (χ4v) is 2.97. The number of nitrogens with zero attached hydrogens (tertiary/aromatic N) is 1. The number of ether oxygens (including phenoxy) is 1. The number of anilines is 1. The minimum Gasteiger partial charge on any atom is -0.475 e. The molecule has 0 saturated heterocycles. The van der Waals surface area contributed by atoms with E-state index >= 15 is 0 Å². The van der Waals surface area contributed by atoms with Crippen LogP contribution in [0, 0.1) is 0 Å². The molecule has 0 saturated carbocycles. The summed E-state index contributed by atoms with van der Waals surface area (Å²) in [5.41, 5.74) is 6.09. The van der Waals surface area contributed by atoms with Crippen LogP contribution >= 0.6 is 0 Å². The van der Waals surface area contributed by atoms with E-state index in [0.29, 0.717) is 55.8 Å². The SMILES string of the molecule is CCC(=O)c1ccc2c(c1)N(CCCN)C(=O)C(CC)(CC)O2. The van der Waals surface area contributed by atoms with Crippen LogP contribution in [0.25, 0.3) is 0 Å². The second-order valence-corrected chi connectivity index (χ2v) is 5.86. The summed E-state index contributed by atoms with van der Waals surface area (Å²) in [6, 6.07) is 5.35. The van der Waals surface area contributed by atoms with E-state index in [4.69, 9.17) is 10.5 Å². The maximum absolute atomic E-state index is 13.0. The van der Waals surface area contributed by atoms with Crippen molar-refractivity contribution in [1.29, 1.82) is 0 Å². The summed E-state index contributed by atoms with van der Waals surface area (Å²) in [7, 11) is 0. The van der Waals surface area contributed by atoms with Crippen LogP contribution in [0.15, 0.2) is 18.2 Å². The Morgan fingerprint density at radius 2 is 1.96 bits per heavy atom. The van der Waals surface area contributed by atoms with Gasteiger partial charge in [-0.3, -0.25) is 9.59 Å². The number of carbonyl (C=O) groups is 2. The maximum atomic E-state index is 13.0. The summed E-state index contributed by atoms with van der Waals surface area (Å²) >= 11 is 0. The van der Waals surface area contributed by atoms with Gasteiger partial charge in [-0.05, 0) is 44.0 Å². The molecule has 23 heavy (non-hydrogen) atoms. The molecule has 0 atom stereocenters. The molecule has 0 fully saturated rings. The Kier molecular flexibility index (Phi) is 5.42. The highest BCUT2D eigenvalue weighted by atomic mass is 16.5.